The molecule has 142 valence electrons. The summed E-state index contributed by atoms with van der Waals surface area (Å²) in [7, 11) is 1.61. The maximum Gasteiger partial charge on any atom is 0.410 e. The number of amides is 2. The molecule has 2 aromatic rings. The molecule has 0 aliphatic carbocycles. The van der Waals surface area contributed by atoms with E-state index >= 15 is 0 Å². The summed E-state index contributed by atoms with van der Waals surface area (Å²) in [6.07, 6.45) is -0.0964. The Morgan fingerprint density at radius 3 is 2.30 bits per heavy atom. The second-order valence-electron chi connectivity index (χ2n) is 6.50. The molecule has 0 unspecified atom stereocenters. The fraction of sp³-hybridized carbons (Fsp3) is 0.333. The van der Waals surface area contributed by atoms with Crippen molar-refractivity contribution >= 4 is 12.0 Å². The van der Waals surface area contributed by atoms with Crippen LogP contribution in [0.15, 0.2) is 60.7 Å². The summed E-state index contributed by atoms with van der Waals surface area (Å²) in [6, 6.07) is 18.5. The number of carbonyl (C=O) groups excluding carboxylic acids is 2. The summed E-state index contributed by atoms with van der Waals surface area (Å²) >= 11 is 0. The van der Waals surface area contributed by atoms with Crippen molar-refractivity contribution in [1.29, 1.82) is 0 Å². The van der Waals surface area contributed by atoms with Crippen LogP contribution in [0.25, 0.3) is 0 Å². The molecule has 1 heterocycles. The summed E-state index contributed by atoms with van der Waals surface area (Å²) in [4.78, 5) is 28.6. The molecular formula is C21H24N2O4. The van der Waals surface area contributed by atoms with Gasteiger partial charge in [0.15, 0.2) is 0 Å². The van der Waals surface area contributed by atoms with Gasteiger partial charge in [-0.2, -0.15) is 0 Å². The van der Waals surface area contributed by atoms with Crippen LogP contribution in [0.3, 0.4) is 0 Å². The molecule has 0 saturated carbocycles. The van der Waals surface area contributed by atoms with Crippen LogP contribution < -0.4 is 0 Å². The zero-order chi connectivity index (χ0) is 19.1. The second kappa shape index (κ2) is 9.19. The van der Waals surface area contributed by atoms with E-state index in [0.29, 0.717) is 19.6 Å². The Morgan fingerprint density at radius 1 is 1.07 bits per heavy atom. The Hall–Kier alpha value is -2.86. The smallest absolute Gasteiger partial charge is 0.410 e. The van der Waals surface area contributed by atoms with Gasteiger partial charge in [0.25, 0.3) is 0 Å². The van der Waals surface area contributed by atoms with Crippen molar-refractivity contribution in [2.75, 3.05) is 26.9 Å². The van der Waals surface area contributed by atoms with Crippen molar-refractivity contribution in [3.05, 3.63) is 71.8 Å². The fourth-order valence-electron chi connectivity index (χ4n) is 2.97. The molecule has 1 saturated heterocycles. The number of ether oxygens (including phenoxy) is 2. The van der Waals surface area contributed by atoms with E-state index in [-0.39, 0.29) is 19.2 Å². The Kier molecular flexibility index (Phi) is 6.44. The van der Waals surface area contributed by atoms with Gasteiger partial charge in [-0.25, -0.2) is 4.79 Å². The van der Waals surface area contributed by atoms with Crippen LogP contribution in [0.2, 0.25) is 0 Å². The molecule has 2 amide bonds. The van der Waals surface area contributed by atoms with Crippen LogP contribution in [0.1, 0.15) is 11.1 Å². The predicted octanol–water partition coefficient (Wildman–Crippen LogP) is 2.68. The lowest BCUT2D eigenvalue weighted by Gasteiger charge is -2.29. The first-order valence-electron chi connectivity index (χ1n) is 8.99. The maximum atomic E-state index is 13.0. The van der Waals surface area contributed by atoms with Crippen LogP contribution in [-0.4, -0.2) is 54.8 Å². The first kappa shape index (κ1) is 18.9. The van der Waals surface area contributed by atoms with Crippen molar-refractivity contribution in [1.82, 2.24) is 9.80 Å². The molecule has 6 nitrogen and oxygen atoms in total. The lowest BCUT2D eigenvalue weighted by Crippen LogP contribution is -2.50. The molecule has 3 rings (SSSR count). The molecule has 6 heteroatoms. The summed E-state index contributed by atoms with van der Waals surface area (Å²) in [5.41, 5.74) is 1.89. The molecule has 27 heavy (non-hydrogen) atoms. The third-order valence-electron chi connectivity index (χ3n) is 4.58. The van der Waals surface area contributed by atoms with Gasteiger partial charge in [0.05, 0.1) is 6.61 Å². The summed E-state index contributed by atoms with van der Waals surface area (Å²) < 4.78 is 10.7. The molecule has 0 aromatic heterocycles. The van der Waals surface area contributed by atoms with E-state index in [1.165, 1.54) is 4.90 Å². The number of hydrogen-bond acceptors (Lipinski definition) is 4. The van der Waals surface area contributed by atoms with Gasteiger partial charge in [0.2, 0.25) is 5.91 Å². The van der Waals surface area contributed by atoms with Crippen molar-refractivity contribution in [3.8, 4) is 0 Å². The Balaban J connectivity index is 1.69. The highest BCUT2D eigenvalue weighted by molar-refractivity contribution is 5.86. The van der Waals surface area contributed by atoms with Gasteiger partial charge >= 0.3 is 6.09 Å². The third-order valence-corrected chi connectivity index (χ3v) is 4.58. The Labute approximate surface area is 159 Å². The Bertz CT molecular complexity index is 745. The van der Waals surface area contributed by atoms with Gasteiger partial charge in [-0.15, -0.1) is 0 Å². The molecule has 1 aliphatic rings. The SMILES string of the molecule is CN(C(=O)OCc1ccccc1)[C@@H](Cc1ccccc1)C(=O)N1CCOC1. The van der Waals surface area contributed by atoms with Crippen molar-refractivity contribution < 1.29 is 19.1 Å². The summed E-state index contributed by atoms with van der Waals surface area (Å²) in [6.45, 7) is 1.49. The first-order valence-corrected chi connectivity index (χ1v) is 8.99. The number of rotatable bonds is 6. The van der Waals surface area contributed by atoms with Crippen LogP contribution in [0.4, 0.5) is 4.79 Å². The summed E-state index contributed by atoms with van der Waals surface area (Å²) in [5.74, 6) is -0.129. The molecule has 1 fully saturated rings. The number of benzene rings is 2. The monoisotopic (exact) mass is 368 g/mol. The zero-order valence-electron chi connectivity index (χ0n) is 15.4. The highest BCUT2D eigenvalue weighted by atomic mass is 16.6. The highest BCUT2D eigenvalue weighted by Gasteiger charge is 2.33. The van der Waals surface area contributed by atoms with E-state index in [1.807, 2.05) is 60.7 Å². The van der Waals surface area contributed by atoms with Crippen LogP contribution in [0, 0.1) is 0 Å². The molecule has 0 radical (unpaired) electrons. The van der Waals surface area contributed by atoms with Crippen LogP contribution in [-0.2, 0) is 27.3 Å². The van der Waals surface area contributed by atoms with E-state index in [4.69, 9.17) is 9.47 Å². The number of hydrogen-bond donors (Lipinski definition) is 0. The molecular weight excluding hydrogens is 344 g/mol. The van der Waals surface area contributed by atoms with Crippen molar-refractivity contribution in [3.63, 3.8) is 0 Å². The predicted molar refractivity (Wildman–Crippen MR) is 101 cm³/mol. The topological polar surface area (TPSA) is 59.1 Å². The normalized spacial score (nSPS) is 14.6. The van der Waals surface area contributed by atoms with Gasteiger partial charge < -0.3 is 14.4 Å². The van der Waals surface area contributed by atoms with E-state index in [0.717, 1.165) is 11.1 Å². The lowest BCUT2D eigenvalue weighted by molar-refractivity contribution is -0.136. The quantitative estimate of drug-likeness (QED) is 0.787. The van der Waals surface area contributed by atoms with Crippen LogP contribution >= 0.6 is 0 Å². The van der Waals surface area contributed by atoms with Crippen molar-refractivity contribution in [2.24, 2.45) is 0 Å². The molecule has 0 N–H and O–H groups in total. The van der Waals surface area contributed by atoms with Gasteiger partial charge in [-0.3, -0.25) is 9.69 Å². The minimum atomic E-state index is -0.641. The zero-order valence-corrected chi connectivity index (χ0v) is 15.4. The van der Waals surface area contributed by atoms with Gasteiger partial charge in [0, 0.05) is 20.0 Å². The third kappa shape index (κ3) is 5.08. The van der Waals surface area contributed by atoms with Gasteiger partial charge in [-0.05, 0) is 11.1 Å². The Morgan fingerprint density at radius 2 is 1.70 bits per heavy atom. The fourth-order valence-corrected chi connectivity index (χ4v) is 2.97. The number of carbonyl (C=O) groups is 2. The highest BCUT2D eigenvalue weighted by Crippen LogP contribution is 2.14. The van der Waals surface area contributed by atoms with E-state index in [2.05, 4.69) is 0 Å². The number of nitrogens with zero attached hydrogens (tertiary/aromatic N) is 2. The first-order chi connectivity index (χ1) is 13.1. The minimum absolute atomic E-state index is 0.129. The van der Waals surface area contributed by atoms with E-state index in [9.17, 15) is 9.59 Å². The maximum absolute atomic E-state index is 13.0. The molecule has 0 spiro atoms. The van der Waals surface area contributed by atoms with Crippen LogP contribution in [0.5, 0.6) is 0 Å². The average molecular weight is 368 g/mol. The largest absolute Gasteiger partial charge is 0.445 e. The lowest BCUT2D eigenvalue weighted by atomic mass is 10.0. The molecule has 2 aromatic carbocycles. The van der Waals surface area contributed by atoms with Gasteiger partial charge in [0.1, 0.15) is 19.4 Å². The molecule has 0 bridgehead atoms. The standard InChI is InChI=1S/C21H24N2O4/c1-22(21(25)27-15-18-10-6-3-7-11-18)19(14-17-8-4-2-5-9-17)20(24)23-12-13-26-16-23/h2-11,19H,12-16H2,1H3/t19-/m0/s1. The number of likely N-dealkylation sites (N-methyl/N-ethyl adjacent to an activating group) is 1. The van der Waals surface area contributed by atoms with E-state index < -0.39 is 12.1 Å². The molecule has 1 atom stereocenters. The van der Waals surface area contributed by atoms with E-state index in [1.54, 1.807) is 11.9 Å². The summed E-state index contributed by atoms with van der Waals surface area (Å²) in [5, 5.41) is 0. The minimum Gasteiger partial charge on any atom is -0.445 e. The van der Waals surface area contributed by atoms with Gasteiger partial charge in [-0.1, -0.05) is 60.7 Å². The second-order valence-corrected chi connectivity index (χ2v) is 6.50. The average Bonchev–Trinajstić information content (AvgIpc) is 3.25. The molecule has 1 aliphatic heterocycles. The van der Waals surface area contributed by atoms with Crippen molar-refractivity contribution in [2.45, 2.75) is 19.1 Å².